The summed E-state index contributed by atoms with van der Waals surface area (Å²) in [5.74, 6) is 0.566. The van der Waals surface area contributed by atoms with E-state index in [9.17, 15) is 14.0 Å². The van der Waals surface area contributed by atoms with E-state index in [1.165, 1.54) is 12.1 Å². The predicted molar refractivity (Wildman–Crippen MR) is 157 cm³/mol. The Kier molecular flexibility index (Phi) is 8.24. The summed E-state index contributed by atoms with van der Waals surface area (Å²) < 4.78 is 26.8. The van der Waals surface area contributed by atoms with Gasteiger partial charge in [-0.05, 0) is 56.2 Å². The minimum absolute atomic E-state index is 0.0341. The van der Waals surface area contributed by atoms with Crippen LogP contribution >= 0.6 is 23.4 Å². The van der Waals surface area contributed by atoms with Gasteiger partial charge >= 0.3 is 5.69 Å². The summed E-state index contributed by atoms with van der Waals surface area (Å²) in [6.45, 7) is 11.1. The molecule has 212 valence electrons. The molecule has 1 fully saturated rings. The van der Waals surface area contributed by atoms with E-state index in [-0.39, 0.29) is 41.6 Å². The lowest BCUT2D eigenvalue weighted by molar-refractivity contribution is -0.130. The van der Waals surface area contributed by atoms with Gasteiger partial charge in [0.2, 0.25) is 5.91 Å². The number of nitrogens with zero attached hydrogens (tertiary/aromatic N) is 4. The van der Waals surface area contributed by atoms with Gasteiger partial charge in [0.15, 0.2) is 0 Å². The molecule has 0 spiro atoms. The van der Waals surface area contributed by atoms with Gasteiger partial charge in [-0.3, -0.25) is 9.36 Å². The van der Waals surface area contributed by atoms with Crippen molar-refractivity contribution in [3.05, 3.63) is 63.8 Å². The number of hydrogen-bond acceptors (Lipinski definition) is 7. The fourth-order valence-electron chi connectivity index (χ4n) is 5.82. The van der Waals surface area contributed by atoms with E-state index >= 15 is 0 Å². The van der Waals surface area contributed by atoms with Gasteiger partial charge in [0.1, 0.15) is 18.4 Å². The van der Waals surface area contributed by atoms with E-state index in [1.807, 2.05) is 31.7 Å². The van der Waals surface area contributed by atoms with Gasteiger partial charge in [0, 0.05) is 53.9 Å². The Labute approximate surface area is 241 Å². The first-order valence-electron chi connectivity index (χ1n) is 13.1. The molecule has 0 radical (unpaired) electrons. The Balaban J connectivity index is 1.71. The second-order valence-corrected chi connectivity index (χ2v) is 11.7. The molecule has 1 unspecified atom stereocenters. The maximum atomic E-state index is 14.1. The van der Waals surface area contributed by atoms with Gasteiger partial charge in [-0.1, -0.05) is 24.2 Å². The molecule has 0 aliphatic carbocycles. The summed E-state index contributed by atoms with van der Waals surface area (Å²) in [6, 6.07) is 6.52. The Morgan fingerprint density at radius 2 is 1.98 bits per heavy atom. The van der Waals surface area contributed by atoms with Crippen LogP contribution in [0.25, 0.3) is 22.0 Å². The minimum atomic E-state index is -0.490. The van der Waals surface area contributed by atoms with Crippen LogP contribution in [-0.4, -0.2) is 71.3 Å². The number of thioether (sulfide) groups is 1. The van der Waals surface area contributed by atoms with Crippen molar-refractivity contribution in [1.82, 2.24) is 14.5 Å². The zero-order valence-electron chi connectivity index (χ0n) is 22.9. The molecule has 3 atom stereocenters. The molecule has 8 nitrogen and oxygen atoms in total. The summed E-state index contributed by atoms with van der Waals surface area (Å²) >= 11 is 7.78. The molecule has 1 saturated heterocycles. The maximum absolute atomic E-state index is 14.1. The number of halogens is 2. The van der Waals surface area contributed by atoms with Crippen molar-refractivity contribution in [2.75, 3.05) is 37.6 Å². The monoisotopic (exact) mass is 586 g/mol. The number of aryl methyl sites for hydroxylation is 1. The van der Waals surface area contributed by atoms with Crippen molar-refractivity contribution in [1.29, 1.82) is 0 Å². The van der Waals surface area contributed by atoms with Gasteiger partial charge in [0.05, 0.1) is 23.2 Å². The highest BCUT2D eigenvalue weighted by atomic mass is 35.5. The summed E-state index contributed by atoms with van der Waals surface area (Å²) in [4.78, 5) is 35.6. The molecule has 2 aromatic carbocycles. The quantitative estimate of drug-likeness (QED) is 0.301. The maximum Gasteiger partial charge on any atom is 0.350 e. The molecule has 0 N–H and O–H groups in total. The van der Waals surface area contributed by atoms with Crippen molar-refractivity contribution in [3.63, 3.8) is 0 Å². The highest BCUT2D eigenvalue weighted by Crippen LogP contribution is 2.44. The number of carbonyl (C=O) groups is 1. The summed E-state index contributed by atoms with van der Waals surface area (Å²) in [5, 5.41) is 0.874. The number of piperazine rings is 1. The molecule has 3 aromatic rings. The number of carbonyl (C=O) groups excluding carboxylic acids is 1. The fourth-order valence-corrected chi connectivity index (χ4v) is 7.33. The van der Waals surface area contributed by atoms with E-state index in [4.69, 9.17) is 21.1 Å². The molecule has 0 bridgehead atoms. The van der Waals surface area contributed by atoms with Crippen molar-refractivity contribution in [3.8, 4) is 11.1 Å². The molecule has 40 heavy (non-hydrogen) atoms. The molecule has 2 aliphatic heterocycles. The highest BCUT2D eigenvalue weighted by molar-refractivity contribution is 7.99. The number of hydrogen-bond donors (Lipinski definition) is 0. The van der Waals surface area contributed by atoms with Gasteiger partial charge in [0.25, 0.3) is 0 Å². The molecule has 1 aromatic heterocycles. The van der Waals surface area contributed by atoms with E-state index in [2.05, 4.69) is 16.5 Å². The first kappa shape index (κ1) is 28.6. The van der Waals surface area contributed by atoms with Crippen molar-refractivity contribution in [2.24, 2.45) is 0 Å². The smallest absolute Gasteiger partial charge is 0.350 e. The van der Waals surface area contributed by atoms with Crippen LogP contribution in [0.5, 0.6) is 0 Å². The molecule has 0 saturated carbocycles. The number of aromatic nitrogens is 2. The normalized spacial score (nSPS) is 21.0. The van der Waals surface area contributed by atoms with Crippen LogP contribution in [0.4, 0.5) is 10.2 Å². The first-order valence-corrected chi connectivity index (χ1v) is 14.5. The van der Waals surface area contributed by atoms with E-state index in [1.54, 1.807) is 35.6 Å². The molecule has 1 amide bonds. The van der Waals surface area contributed by atoms with E-state index in [0.717, 1.165) is 32.5 Å². The van der Waals surface area contributed by atoms with Gasteiger partial charge in [-0.2, -0.15) is 4.98 Å². The van der Waals surface area contributed by atoms with Gasteiger partial charge in [-0.15, -0.1) is 11.8 Å². The number of methoxy groups -OCH3 is 1. The second kappa shape index (κ2) is 11.5. The van der Waals surface area contributed by atoms with Crippen LogP contribution in [0.1, 0.15) is 19.4 Å². The Morgan fingerprint density at radius 3 is 2.62 bits per heavy atom. The third-order valence-electron chi connectivity index (χ3n) is 7.47. The Hall–Kier alpha value is -2.92. The van der Waals surface area contributed by atoms with Crippen molar-refractivity contribution in [2.45, 2.75) is 50.4 Å². The summed E-state index contributed by atoms with van der Waals surface area (Å²) in [6.07, 6.45) is 1.05. The van der Waals surface area contributed by atoms with Crippen LogP contribution in [0.3, 0.4) is 0 Å². The molecular weight excluding hydrogens is 555 g/mol. The standard InChI is InChI=1S/C29H32ClFN4O4S/c1-6-24(36)35-17(3)11-33(12-18(35)4)28-21-9-16(2)25(19-7-8-23(31)22(30)10-19)27-26(21)34(29(37)32-28)13-20(14-40-27)39-15-38-5/h6-10,17-18,20H,1,11-15H2,2-5H3/t17-,18+,20?. The van der Waals surface area contributed by atoms with Gasteiger partial charge < -0.3 is 19.3 Å². The van der Waals surface area contributed by atoms with E-state index < -0.39 is 5.82 Å². The SMILES string of the molecule is C=CC(=O)N1[C@H](C)CN(c2nc(=O)n3c4c(c(-c5ccc(F)c(Cl)c5)c(C)cc24)SCC(OCOC)C3)C[C@@H]1C. The van der Waals surface area contributed by atoms with Crippen molar-refractivity contribution >= 4 is 46.0 Å². The molecular formula is C29H32ClFN4O4S. The van der Waals surface area contributed by atoms with Gasteiger partial charge in [-0.25, -0.2) is 9.18 Å². The number of amides is 1. The highest BCUT2D eigenvalue weighted by Gasteiger charge is 2.34. The fraction of sp³-hybridized carbons (Fsp3) is 0.414. The zero-order valence-corrected chi connectivity index (χ0v) is 24.5. The zero-order chi connectivity index (χ0) is 28.7. The van der Waals surface area contributed by atoms with Crippen molar-refractivity contribution < 1.29 is 18.7 Å². The predicted octanol–water partition coefficient (Wildman–Crippen LogP) is 4.87. The van der Waals surface area contributed by atoms with Crippen LogP contribution in [0, 0.1) is 12.7 Å². The Morgan fingerprint density at radius 1 is 1.25 bits per heavy atom. The molecule has 5 rings (SSSR count). The largest absolute Gasteiger partial charge is 0.359 e. The molecule has 3 heterocycles. The lowest BCUT2D eigenvalue weighted by Crippen LogP contribution is -2.58. The average molecular weight is 587 g/mol. The van der Waals surface area contributed by atoms with Crippen LogP contribution in [0.2, 0.25) is 5.02 Å². The summed E-state index contributed by atoms with van der Waals surface area (Å²) in [5.41, 5.74) is 2.98. The molecule has 11 heteroatoms. The van der Waals surface area contributed by atoms with E-state index in [0.29, 0.717) is 31.2 Å². The van der Waals surface area contributed by atoms with Crippen LogP contribution < -0.4 is 10.6 Å². The number of ether oxygens (including phenoxy) is 2. The third kappa shape index (κ3) is 5.13. The molecule has 2 aliphatic rings. The average Bonchev–Trinajstić information content (AvgIpc) is 3.11. The topological polar surface area (TPSA) is 76.9 Å². The number of benzene rings is 2. The number of anilines is 1. The third-order valence-corrected chi connectivity index (χ3v) is 8.99. The lowest BCUT2D eigenvalue weighted by Gasteiger charge is -2.44. The minimum Gasteiger partial charge on any atom is -0.359 e. The Bertz CT molecular complexity index is 1530. The van der Waals surface area contributed by atoms with Crippen LogP contribution in [0.15, 0.2) is 46.6 Å². The lowest BCUT2D eigenvalue weighted by atomic mass is 9.97. The first-order chi connectivity index (χ1) is 19.1. The second-order valence-electron chi connectivity index (χ2n) is 10.3. The summed E-state index contributed by atoms with van der Waals surface area (Å²) in [7, 11) is 1.56. The number of rotatable bonds is 6. The van der Waals surface area contributed by atoms with Crippen LogP contribution in [-0.2, 0) is 20.8 Å².